The fourth-order valence-electron chi connectivity index (χ4n) is 2.90. The van der Waals surface area contributed by atoms with Gasteiger partial charge in [0.25, 0.3) is 0 Å². The van der Waals surface area contributed by atoms with Crippen LogP contribution in [0.1, 0.15) is 0 Å². The zero-order chi connectivity index (χ0) is 19.3. The third-order valence-corrected chi connectivity index (χ3v) is 4.30. The van der Waals surface area contributed by atoms with Crippen LogP contribution < -0.4 is 15.4 Å². The van der Waals surface area contributed by atoms with Crippen molar-refractivity contribution >= 4 is 17.5 Å². The number of methoxy groups -OCH3 is 1. The second-order valence-corrected chi connectivity index (χ2v) is 6.28. The number of anilines is 1. The summed E-state index contributed by atoms with van der Waals surface area (Å²) in [6.07, 6.45) is 1.53. The standard InChI is InChI=1S/C19H21N5O4/c1-26-14-4-2-3-13(9-14)16-5-6-18-21-17(11-24(18)23-16)22-19(25)20-10-15-12-27-7-8-28-15/h2-6,9,11,15H,7-8,10,12H2,1H3,(H2,20,22,25). The maximum atomic E-state index is 12.1. The summed E-state index contributed by atoms with van der Waals surface area (Å²) in [5.41, 5.74) is 2.33. The molecule has 1 aliphatic heterocycles. The Hall–Kier alpha value is -3.17. The molecular weight excluding hydrogens is 362 g/mol. The summed E-state index contributed by atoms with van der Waals surface area (Å²) in [5.74, 6) is 1.17. The molecule has 0 radical (unpaired) electrons. The Morgan fingerprint density at radius 1 is 1.32 bits per heavy atom. The molecule has 2 N–H and O–H groups in total. The second-order valence-electron chi connectivity index (χ2n) is 6.28. The molecule has 146 valence electrons. The van der Waals surface area contributed by atoms with Crippen molar-refractivity contribution in [2.75, 3.05) is 38.8 Å². The average Bonchev–Trinajstić information content (AvgIpc) is 3.14. The van der Waals surface area contributed by atoms with Crippen LogP contribution in [0.3, 0.4) is 0 Å². The van der Waals surface area contributed by atoms with E-state index in [1.807, 2.05) is 36.4 Å². The van der Waals surface area contributed by atoms with Crippen molar-refractivity contribution < 1.29 is 19.0 Å². The van der Waals surface area contributed by atoms with Crippen molar-refractivity contribution in [3.8, 4) is 17.0 Å². The van der Waals surface area contributed by atoms with Gasteiger partial charge in [-0.1, -0.05) is 12.1 Å². The van der Waals surface area contributed by atoms with Crippen molar-refractivity contribution in [1.29, 1.82) is 0 Å². The second kappa shape index (κ2) is 8.24. The van der Waals surface area contributed by atoms with Gasteiger partial charge in [0.15, 0.2) is 11.5 Å². The third-order valence-electron chi connectivity index (χ3n) is 4.30. The van der Waals surface area contributed by atoms with E-state index < -0.39 is 0 Å². The molecular formula is C19H21N5O4. The summed E-state index contributed by atoms with van der Waals surface area (Å²) in [7, 11) is 1.63. The molecule has 0 aliphatic carbocycles. The van der Waals surface area contributed by atoms with Gasteiger partial charge in [-0.05, 0) is 24.3 Å². The number of urea groups is 1. The summed E-state index contributed by atoms with van der Waals surface area (Å²) in [5, 5.41) is 10.0. The van der Waals surface area contributed by atoms with Crippen molar-refractivity contribution in [2.45, 2.75) is 6.10 Å². The predicted molar refractivity (Wildman–Crippen MR) is 103 cm³/mol. The Kier molecular flexibility index (Phi) is 5.36. The zero-order valence-electron chi connectivity index (χ0n) is 15.4. The van der Waals surface area contributed by atoms with Gasteiger partial charge in [-0.25, -0.2) is 14.3 Å². The van der Waals surface area contributed by atoms with Gasteiger partial charge in [-0.2, -0.15) is 5.10 Å². The fraction of sp³-hybridized carbons (Fsp3) is 0.316. The van der Waals surface area contributed by atoms with E-state index in [9.17, 15) is 4.79 Å². The van der Waals surface area contributed by atoms with E-state index in [0.29, 0.717) is 37.8 Å². The Morgan fingerprint density at radius 2 is 2.25 bits per heavy atom. The number of fused-ring (bicyclic) bond motifs is 1. The van der Waals surface area contributed by atoms with Gasteiger partial charge in [0.2, 0.25) is 0 Å². The molecule has 1 saturated heterocycles. The SMILES string of the molecule is COc1cccc(-c2ccc3nc(NC(=O)NCC4COCCO4)cn3n2)c1. The van der Waals surface area contributed by atoms with E-state index in [1.165, 1.54) is 0 Å². The summed E-state index contributed by atoms with van der Waals surface area (Å²) in [6, 6.07) is 11.0. The molecule has 3 aromatic rings. The van der Waals surface area contributed by atoms with Crippen LogP contribution in [-0.2, 0) is 9.47 Å². The summed E-state index contributed by atoms with van der Waals surface area (Å²) in [4.78, 5) is 16.5. The Labute approximate surface area is 161 Å². The molecule has 1 atom stereocenters. The number of hydrogen-bond acceptors (Lipinski definition) is 6. The molecule has 9 nitrogen and oxygen atoms in total. The first-order valence-electron chi connectivity index (χ1n) is 8.96. The quantitative estimate of drug-likeness (QED) is 0.699. The average molecular weight is 383 g/mol. The number of amides is 2. The first-order chi connectivity index (χ1) is 13.7. The highest BCUT2D eigenvalue weighted by molar-refractivity contribution is 5.88. The highest BCUT2D eigenvalue weighted by Gasteiger charge is 2.15. The molecule has 1 aromatic carbocycles. The Morgan fingerprint density at radius 3 is 3.07 bits per heavy atom. The number of hydrogen-bond donors (Lipinski definition) is 2. The molecule has 4 rings (SSSR count). The van der Waals surface area contributed by atoms with Crippen LogP contribution in [0.4, 0.5) is 10.6 Å². The minimum Gasteiger partial charge on any atom is -0.497 e. The normalized spacial score (nSPS) is 16.7. The molecule has 3 heterocycles. The van der Waals surface area contributed by atoms with Crippen LogP contribution in [-0.4, -0.2) is 60.2 Å². The lowest BCUT2D eigenvalue weighted by Gasteiger charge is -2.22. The Balaban J connectivity index is 1.43. The van der Waals surface area contributed by atoms with E-state index in [4.69, 9.17) is 14.2 Å². The monoisotopic (exact) mass is 383 g/mol. The van der Waals surface area contributed by atoms with Crippen molar-refractivity contribution in [2.24, 2.45) is 0 Å². The van der Waals surface area contributed by atoms with E-state index in [-0.39, 0.29) is 12.1 Å². The van der Waals surface area contributed by atoms with Gasteiger partial charge >= 0.3 is 6.03 Å². The molecule has 2 amide bonds. The molecule has 0 bridgehead atoms. The van der Waals surface area contributed by atoms with Crippen molar-refractivity contribution in [1.82, 2.24) is 19.9 Å². The number of benzene rings is 1. The van der Waals surface area contributed by atoms with E-state index in [1.54, 1.807) is 17.8 Å². The Bertz CT molecular complexity index is 968. The number of ether oxygens (including phenoxy) is 3. The summed E-state index contributed by atoms with van der Waals surface area (Å²) < 4.78 is 17.7. The number of nitrogens with one attached hydrogen (secondary N) is 2. The summed E-state index contributed by atoms with van der Waals surface area (Å²) >= 11 is 0. The molecule has 0 saturated carbocycles. The lowest BCUT2D eigenvalue weighted by Crippen LogP contribution is -2.41. The van der Waals surface area contributed by atoms with Crippen LogP contribution in [0, 0.1) is 0 Å². The minimum atomic E-state index is -0.356. The van der Waals surface area contributed by atoms with Gasteiger partial charge < -0.3 is 19.5 Å². The molecule has 1 unspecified atom stereocenters. The lowest BCUT2D eigenvalue weighted by atomic mass is 10.1. The molecule has 1 aliphatic rings. The minimum absolute atomic E-state index is 0.132. The highest BCUT2D eigenvalue weighted by Crippen LogP contribution is 2.22. The van der Waals surface area contributed by atoms with E-state index >= 15 is 0 Å². The topological polar surface area (TPSA) is 99.0 Å². The molecule has 9 heteroatoms. The van der Waals surface area contributed by atoms with Gasteiger partial charge in [-0.3, -0.25) is 5.32 Å². The number of imidazole rings is 1. The first kappa shape index (κ1) is 18.2. The number of carbonyl (C=O) groups excluding carboxylic acids is 1. The smallest absolute Gasteiger partial charge is 0.320 e. The van der Waals surface area contributed by atoms with Gasteiger partial charge in [-0.15, -0.1) is 0 Å². The molecule has 2 aromatic heterocycles. The maximum absolute atomic E-state index is 12.1. The lowest BCUT2D eigenvalue weighted by molar-refractivity contribution is -0.0852. The third kappa shape index (κ3) is 4.21. The fourth-order valence-corrected chi connectivity index (χ4v) is 2.90. The van der Waals surface area contributed by atoms with Gasteiger partial charge in [0.1, 0.15) is 5.75 Å². The number of carbonyl (C=O) groups is 1. The van der Waals surface area contributed by atoms with E-state index in [0.717, 1.165) is 17.0 Å². The molecule has 28 heavy (non-hydrogen) atoms. The van der Waals surface area contributed by atoms with Crippen molar-refractivity contribution in [3.63, 3.8) is 0 Å². The highest BCUT2D eigenvalue weighted by atomic mass is 16.6. The molecule has 0 spiro atoms. The zero-order valence-corrected chi connectivity index (χ0v) is 15.4. The molecule has 1 fully saturated rings. The number of rotatable bonds is 5. The van der Waals surface area contributed by atoms with Gasteiger partial charge in [0.05, 0.1) is 44.9 Å². The van der Waals surface area contributed by atoms with Crippen LogP contribution >= 0.6 is 0 Å². The van der Waals surface area contributed by atoms with Gasteiger partial charge in [0, 0.05) is 12.1 Å². The predicted octanol–water partition coefficient (Wildman–Crippen LogP) is 1.94. The maximum Gasteiger partial charge on any atom is 0.320 e. The number of aromatic nitrogens is 3. The summed E-state index contributed by atoms with van der Waals surface area (Å²) in [6.45, 7) is 1.99. The first-order valence-corrected chi connectivity index (χ1v) is 8.96. The van der Waals surface area contributed by atoms with Crippen molar-refractivity contribution in [3.05, 3.63) is 42.6 Å². The van der Waals surface area contributed by atoms with Crippen LogP contribution in [0.5, 0.6) is 5.75 Å². The van der Waals surface area contributed by atoms with Crippen LogP contribution in [0.2, 0.25) is 0 Å². The number of nitrogens with zero attached hydrogens (tertiary/aromatic N) is 3. The van der Waals surface area contributed by atoms with Crippen LogP contribution in [0.25, 0.3) is 16.9 Å². The van der Waals surface area contributed by atoms with E-state index in [2.05, 4.69) is 20.7 Å². The van der Waals surface area contributed by atoms with Crippen LogP contribution in [0.15, 0.2) is 42.6 Å². The largest absolute Gasteiger partial charge is 0.497 e.